The Labute approximate surface area is 152 Å². The Balaban J connectivity index is 1.77. The van der Waals surface area contributed by atoms with E-state index in [1.165, 1.54) is 9.80 Å². The van der Waals surface area contributed by atoms with E-state index in [1.807, 2.05) is 19.1 Å². The third kappa shape index (κ3) is 3.23. The SMILES string of the molecule is Cc1ccc(C(=O)N2CCN(c3c(F)c(F)c(Cl)c(F)c3F)CC2)cc1. The molecule has 1 aliphatic heterocycles. The van der Waals surface area contributed by atoms with Crippen LogP contribution in [-0.2, 0) is 0 Å². The summed E-state index contributed by atoms with van der Waals surface area (Å²) in [5.41, 5.74) is 0.723. The van der Waals surface area contributed by atoms with Gasteiger partial charge in [0.15, 0.2) is 23.3 Å². The zero-order valence-electron chi connectivity index (χ0n) is 13.8. The summed E-state index contributed by atoms with van der Waals surface area (Å²) in [6, 6.07) is 7.03. The van der Waals surface area contributed by atoms with Gasteiger partial charge in [-0.15, -0.1) is 0 Å². The number of hydrogen-bond acceptors (Lipinski definition) is 2. The average Bonchev–Trinajstić information content (AvgIpc) is 2.65. The van der Waals surface area contributed by atoms with Crippen molar-refractivity contribution in [3.05, 3.63) is 63.7 Å². The molecule has 0 radical (unpaired) electrons. The first-order valence-electron chi connectivity index (χ1n) is 7.93. The van der Waals surface area contributed by atoms with Crippen molar-refractivity contribution < 1.29 is 22.4 Å². The van der Waals surface area contributed by atoms with Gasteiger partial charge in [-0.05, 0) is 19.1 Å². The second-order valence-electron chi connectivity index (χ2n) is 6.06. The molecule has 3 nitrogen and oxygen atoms in total. The summed E-state index contributed by atoms with van der Waals surface area (Å²) in [4.78, 5) is 15.2. The Kier molecular flexibility index (Phi) is 5.09. The van der Waals surface area contributed by atoms with Crippen LogP contribution in [0.1, 0.15) is 15.9 Å². The molecule has 1 saturated heterocycles. The second kappa shape index (κ2) is 7.15. The Bertz CT molecular complexity index is 820. The van der Waals surface area contributed by atoms with Crippen LogP contribution in [0.4, 0.5) is 23.2 Å². The van der Waals surface area contributed by atoms with E-state index in [0.717, 1.165) is 5.56 Å². The number of rotatable bonds is 2. The lowest BCUT2D eigenvalue weighted by atomic mass is 10.1. The quantitative estimate of drug-likeness (QED) is 0.439. The Morgan fingerprint density at radius 1 is 0.885 bits per heavy atom. The maximum atomic E-state index is 14.1. The van der Waals surface area contributed by atoms with Gasteiger partial charge in [0.05, 0.1) is 0 Å². The van der Waals surface area contributed by atoms with E-state index in [9.17, 15) is 22.4 Å². The fraction of sp³-hybridized carbons (Fsp3) is 0.278. The average molecular weight is 387 g/mol. The molecule has 138 valence electrons. The van der Waals surface area contributed by atoms with E-state index in [1.54, 1.807) is 12.1 Å². The van der Waals surface area contributed by atoms with Crippen LogP contribution in [0.5, 0.6) is 0 Å². The molecule has 1 aliphatic rings. The molecule has 0 atom stereocenters. The maximum absolute atomic E-state index is 14.1. The lowest BCUT2D eigenvalue weighted by Crippen LogP contribution is -2.49. The molecule has 1 heterocycles. The van der Waals surface area contributed by atoms with Gasteiger partial charge in [-0.1, -0.05) is 29.3 Å². The molecule has 0 aliphatic carbocycles. The molecule has 2 aromatic rings. The van der Waals surface area contributed by atoms with Crippen LogP contribution in [0.3, 0.4) is 0 Å². The molecule has 1 fully saturated rings. The lowest BCUT2D eigenvalue weighted by Gasteiger charge is -2.36. The van der Waals surface area contributed by atoms with Gasteiger partial charge in [0.25, 0.3) is 5.91 Å². The van der Waals surface area contributed by atoms with Gasteiger partial charge in [-0.2, -0.15) is 0 Å². The molecule has 1 amide bonds. The van der Waals surface area contributed by atoms with Crippen LogP contribution in [0, 0.1) is 30.2 Å². The van der Waals surface area contributed by atoms with Gasteiger partial charge >= 0.3 is 0 Å². The predicted octanol–water partition coefficient (Wildman–Crippen LogP) is 4.17. The van der Waals surface area contributed by atoms with E-state index in [-0.39, 0.29) is 32.1 Å². The first kappa shape index (κ1) is 18.5. The highest BCUT2D eigenvalue weighted by Crippen LogP contribution is 2.34. The van der Waals surface area contributed by atoms with Crippen molar-refractivity contribution in [2.45, 2.75) is 6.92 Å². The minimum atomic E-state index is -1.63. The van der Waals surface area contributed by atoms with Gasteiger partial charge < -0.3 is 9.80 Å². The van der Waals surface area contributed by atoms with Crippen molar-refractivity contribution >= 4 is 23.2 Å². The Hall–Kier alpha value is -2.28. The van der Waals surface area contributed by atoms with Gasteiger partial charge in [-0.25, -0.2) is 17.6 Å². The smallest absolute Gasteiger partial charge is 0.253 e. The molecule has 0 saturated carbocycles. The van der Waals surface area contributed by atoms with Crippen molar-refractivity contribution in [3.63, 3.8) is 0 Å². The third-order valence-corrected chi connectivity index (χ3v) is 4.70. The van der Waals surface area contributed by atoms with Crippen LogP contribution >= 0.6 is 11.6 Å². The number of anilines is 1. The number of nitrogens with zero attached hydrogens (tertiary/aromatic N) is 2. The van der Waals surface area contributed by atoms with E-state index >= 15 is 0 Å². The van der Waals surface area contributed by atoms with Gasteiger partial charge in [0.1, 0.15) is 10.7 Å². The lowest BCUT2D eigenvalue weighted by molar-refractivity contribution is 0.0746. The second-order valence-corrected chi connectivity index (χ2v) is 6.44. The molecule has 26 heavy (non-hydrogen) atoms. The van der Waals surface area contributed by atoms with Crippen LogP contribution in [0.25, 0.3) is 0 Å². The molecule has 2 aromatic carbocycles. The molecule has 3 rings (SSSR count). The van der Waals surface area contributed by atoms with Crippen molar-refractivity contribution in [2.24, 2.45) is 0 Å². The summed E-state index contributed by atoms with van der Waals surface area (Å²) in [6.07, 6.45) is 0. The number of halogens is 5. The minimum absolute atomic E-state index is 0.0337. The van der Waals surface area contributed by atoms with Crippen LogP contribution in [0.15, 0.2) is 24.3 Å². The third-order valence-electron chi connectivity index (χ3n) is 4.37. The van der Waals surface area contributed by atoms with Crippen molar-refractivity contribution in [2.75, 3.05) is 31.1 Å². The minimum Gasteiger partial charge on any atom is -0.363 e. The molecule has 0 bridgehead atoms. The first-order chi connectivity index (χ1) is 12.3. The van der Waals surface area contributed by atoms with E-state index in [4.69, 9.17) is 11.6 Å². The van der Waals surface area contributed by atoms with Gasteiger partial charge in [-0.3, -0.25) is 4.79 Å². The Morgan fingerprint density at radius 3 is 1.88 bits per heavy atom. The van der Waals surface area contributed by atoms with Gasteiger partial charge in [0, 0.05) is 31.7 Å². The summed E-state index contributed by atoms with van der Waals surface area (Å²) < 4.78 is 55.4. The number of piperazine rings is 1. The molecular formula is C18H15ClF4N2O. The number of benzene rings is 2. The Morgan fingerprint density at radius 2 is 1.38 bits per heavy atom. The standard InChI is InChI=1S/C18H15ClF4N2O/c1-10-2-4-11(5-3-10)18(26)25-8-6-24(7-9-25)17-15(22)13(20)12(19)14(21)16(17)23/h2-5H,6-9H2,1H3. The summed E-state index contributed by atoms with van der Waals surface area (Å²) >= 11 is 5.24. The summed E-state index contributed by atoms with van der Waals surface area (Å²) in [5.74, 6) is -6.53. The number of hydrogen-bond donors (Lipinski definition) is 0. The van der Waals surface area contributed by atoms with Gasteiger partial charge in [0.2, 0.25) is 0 Å². The zero-order valence-corrected chi connectivity index (χ0v) is 14.6. The molecular weight excluding hydrogens is 372 g/mol. The van der Waals surface area contributed by atoms with E-state index < -0.39 is 34.0 Å². The molecule has 0 spiro atoms. The highest BCUT2D eigenvalue weighted by Gasteiger charge is 2.31. The highest BCUT2D eigenvalue weighted by molar-refractivity contribution is 6.31. The topological polar surface area (TPSA) is 23.6 Å². The first-order valence-corrected chi connectivity index (χ1v) is 8.31. The fourth-order valence-corrected chi connectivity index (χ4v) is 3.05. The van der Waals surface area contributed by atoms with Crippen molar-refractivity contribution in [1.82, 2.24) is 4.90 Å². The maximum Gasteiger partial charge on any atom is 0.253 e. The summed E-state index contributed by atoms with van der Waals surface area (Å²) in [5, 5.41) is -1.21. The number of aryl methyl sites for hydroxylation is 1. The largest absolute Gasteiger partial charge is 0.363 e. The summed E-state index contributed by atoms with van der Waals surface area (Å²) in [7, 11) is 0. The number of carbonyl (C=O) groups excluding carboxylic acids is 1. The number of carbonyl (C=O) groups is 1. The number of amides is 1. The molecule has 8 heteroatoms. The molecule has 0 unspecified atom stereocenters. The van der Waals surface area contributed by atoms with Crippen molar-refractivity contribution in [3.8, 4) is 0 Å². The highest BCUT2D eigenvalue weighted by atomic mass is 35.5. The zero-order chi connectivity index (χ0) is 19.0. The normalized spacial score (nSPS) is 14.7. The van der Waals surface area contributed by atoms with Crippen LogP contribution in [0.2, 0.25) is 5.02 Å². The summed E-state index contributed by atoms with van der Waals surface area (Å²) in [6.45, 7) is 2.30. The van der Waals surface area contributed by atoms with E-state index in [2.05, 4.69) is 0 Å². The van der Waals surface area contributed by atoms with Crippen molar-refractivity contribution in [1.29, 1.82) is 0 Å². The fourth-order valence-electron chi connectivity index (χ4n) is 2.88. The van der Waals surface area contributed by atoms with Crippen LogP contribution in [-0.4, -0.2) is 37.0 Å². The monoisotopic (exact) mass is 386 g/mol. The van der Waals surface area contributed by atoms with Crippen LogP contribution < -0.4 is 4.90 Å². The van der Waals surface area contributed by atoms with E-state index in [0.29, 0.717) is 5.56 Å². The predicted molar refractivity (Wildman–Crippen MR) is 90.6 cm³/mol. The molecule has 0 aromatic heterocycles. The molecule has 0 N–H and O–H groups in total.